The lowest BCUT2D eigenvalue weighted by molar-refractivity contribution is -0.0268. The van der Waals surface area contributed by atoms with Crippen LogP contribution in [0.15, 0.2) is 22.7 Å². The lowest BCUT2D eigenvalue weighted by Gasteiger charge is -2.36. The van der Waals surface area contributed by atoms with Crippen molar-refractivity contribution < 1.29 is 9.13 Å². The van der Waals surface area contributed by atoms with E-state index in [0.29, 0.717) is 0 Å². The van der Waals surface area contributed by atoms with E-state index in [4.69, 9.17) is 4.74 Å². The van der Waals surface area contributed by atoms with Crippen LogP contribution in [0.3, 0.4) is 0 Å². The fourth-order valence-corrected chi connectivity index (χ4v) is 2.58. The van der Waals surface area contributed by atoms with Crippen molar-refractivity contribution in [3.05, 3.63) is 34.1 Å². The number of hydrogen-bond acceptors (Lipinski definition) is 2. The van der Waals surface area contributed by atoms with Crippen molar-refractivity contribution >= 4 is 15.9 Å². The number of benzene rings is 1. The van der Waals surface area contributed by atoms with Crippen LogP contribution in [0.1, 0.15) is 25.8 Å². The van der Waals surface area contributed by atoms with E-state index in [-0.39, 0.29) is 17.5 Å². The molecule has 18 heavy (non-hydrogen) atoms. The molecular weight excluding hydrogens is 297 g/mol. The number of rotatable bonds is 6. The summed E-state index contributed by atoms with van der Waals surface area (Å²) in [7, 11) is 3.66. The molecule has 1 aromatic rings. The van der Waals surface area contributed by atoms with Crippen LogP contribution in [0.5, 0.6) is 0 Å². The summed E-state index contributed by atoms with van der Waals surface area (Å²) in [6.07, 6.45) is 1.70. The van der Waals surface area contributed by atoms with Crippen LogP contribution in [0.2, 0.25) is 0 Å². The first-order valence-electron chi connectivity index (χ1n) is 6.13. The average Bonchev–Trinajstić information content (AvgIpc) is 2.37. The van der Waals surface area contributed by atoms with Gasteiger partial charge in [0.25, 0.3) is 0 Å². The van der Waals surface area contributed by atoms with E-state index in [0.717, 1.165) is 22.9 Å². The largest absolute Gasteiger partial charge is 0.377 e. The van der Waals surface area contributed by atoms with Crippen molar-refractivity contribution in [2.24, 2.45) is 0 Å². The molecule has 0 saturated carbocycles. The van der Waals surface area contributed by atoms with E-state index < -0.39 is 0 Å². The first-order chi connectivity index (χ1) is 8.46. The van der Waals surface area contributed by atoms with Gasteiger partial charge in [-0.1, -0.05) is 28.9 Å². The molecule has 2 unspecified atom stereocenters. The normalized spacial score (nSPS) is 16.3. The van der Waals surface area contributed by atoms with Gasteiger partial charge in [-0.05, 0) is 44.5 Å². The van der Waals surface area contributed by atoms with Crippen LogP contribution in [0.4, 0.5) is 4.39 Å². The molecule has 0 aliphatic carbocycles. The van der Waals surface area contributed by atoms with Crippen molar-refractivity contribution in [1.29, 1.82) is 0 Å². The summed E-state index contributed by atoms with van der Waals surface area (Å²) < 4.78 is 19.5. The summed E-state index contributed by atoms with van der Waals surface area (Å²) in [5, 5.41) is 3.30. The zero-order valence-corrected chi connectivity index (χ0v) is 13.0. The maximum absolute atomic E-state index is 13.1. The highest BCUT2D eigenvalue weighted by Gasteiger charge is 2.31. The first-order valence-corrected chi connectivity index (χ1v) is 6.92. The zero-order chi connectivity index (χ0) is 13.8. The number of methoxy groups -OCH3 is 1. The minimum Gasteiger partial charge on any atom is -0.377 e. The smallest absolute Gasteiger partial charge is 0.124 e. The van der Waals surface area contributed by atoms with Gasteiger partial charge in [0.05, 0.1) is 5.60 Å². The number of ether oxygens (including phenoxy) is 1. The first kappa shape index (κ1) is 15.6. The van der Waals surface area contributed by atoms with Gasteiger partial charge in [-0.2, -0.15) is 0 Å². The average molecular weight is 318 g/mol. The Morgan fingerprint density at radius 3 is 2.61 bits per heavy atom. The molecule has 0 saturated heterocycles. The Morgan fingerprint density at radius 1 is 1.50 bits per heavy atom. The molecule has 1 aromatic carbocycles. The molecule has 102 valence electrons. The van der Waals surface area contributed by atoms with Crippen LogP contribution in [-0.2, 0) is 11.2 Å². The lowest BCUT2D eigenvalue weighted by atomic mass is 9.88. The second kappa shape index (κ2) is 6.64. The standard InChI is InChI=1S/C14H21BrFNO/c1-5-14(2,18-4)13(17-3)8-10-6-7-11(16)9-12(10)15/h6-7,9,13,17H,5,8H2,1-4H3. The van der Waals surface area contributed by atoms with Crippen LogP contribution in [0.25, 0.3) is 0 Å². The molecule has 0 amide bonds. The molecule has 2 nitrogen and oxygen atoms in total. The summed E-state index contributed by atoms with van der Waals surface area (Å²) in [6, 6.07) is 4.98. The minimum absolute atomic E-state index is 0.175. The number of nitrogens with one attached hydrogen (secondary N) is 1. The second-order valence-corrected chi connectivity index (χ2v) is 5.51. The maximum atomic E-state index is 13.1. The Morgan fingerprint density at radius 2 is 2.17 bits per heavy atom. The highest BCUT2D eigenvalue weighted by Crippen LogP contribution is 2.26. The number of hydrogen-bond donors (Lipinski definition) is 1. The van der Waals surface area contributed by atoms with Gasteiger partial charge < -0.3 is 10.1 Å². The molecule has 4 heteroatoms. The van der Waals surface area contributed by atoms with E-state index in [1.54, 1.807) is 7.11 Å². The highest BCUT2D eigenvalue weighted by molar-refractivity contribution is 9.10. The fourth-order valence-electron chi connectivity index (χ4n) is 2.06. The molecule has 0 fully saturated rings. The van der Waals surface area contributed by atoms with E-state index in [1.807, 2.05) is 13.1 Å². The van der Waals surface area contributed by atoms with Crippen molar-refractivity contribution in [3.8, 4) is 0 Å². The fraction of sp³-hybridized carbons (Fsp3) is 0.571. The van der Waals surface area contributed by atoms with Gasteiger partial charge in [0.1, 0.15) is 5.82 Å². The van der Waals surface area contributed by atoms with E-state index in [2.05, 4.69) is 35.1 Å². The van der Waals surface area contributed by atoms with Gasteiger partial charge in [0.2, 0.25) is 0 Å². The highest BCUT2D eigenvalue weighted by atomic mass is 79.9. The molecule has 0 radical (unpaired) electrons. The Bertz CT molecular complexity index is 393. The second-order valence-electron chi connectivity index (χ2n) is 4.65. The minimum atomic E-state index is -0.234. The van der Waals surface area contributed by atoms with E-state index >= 15 is 0 Å². The molecule has 1 rings (SSSR count). The number of halogens is 2. The monoisotopic (exact) mass is 317 g/mol. The molecule has 0 aliphatic rings. The van der Waals surface area contributed by atoms with Crippen molar-refractivity contribution in [2.45, 2.75) is 38.3 Å². The summed E-state index contributed by atoms with van der Waals surface area (Å²) in [5.41, 5.74) is 0.843. The molecule has 0 spiro atoms. The third kappa shape index (κ3) is 3.53. The van der Waals surface area contributed by atoms with Crippen molar-refractivity contribution in [2.75, 3.05) is 14.2 Å². The van der Waals surface area contributed by atoms with Crippen molar-refractivity contribution in [3.63, 3.8) is 0 Å². The van der Waals surface area contributed by atoms with Crippen LogP contribution < -0.4 is 5.32 Å². The Hall–Kier alpha value is -0.450. The lowest BCUT2D eigenvalue weighted by Crippen LogP contribution is -2.49. The molecule has 1 N–H and O–H groups in total. The molecule has 0 heterocycles. The summed E-state index contributed by atoms with van der Waals surface area (Å²) in [6.45, 7) is 4.19. The zero-order valence-electron chi connectivity index (χ0n) is 11.4. The van der Waals surface area contributed by atoms with Crippen molar-refractivity contribution in [1.82, 2.24) is 5.32 Å². The van der Waals surface area contributed by atoms with E-state index in [9.17, 15) is 4.39 Å². The summed E-state index contributed by atoms with van der Waals surface area (Å²) in [5.74, 6) is -0.225. The molecule has 0 aliphatic heterocycles. The summed E-state index contributed by atoms with van der Waals surface area (Å²) in [4.78, 5) is 0. The SMILES string of the molecule is CCC(C)(OC)C(Cc1ccc(F)cc1Br)NC. The van der Waals surface area contributed by atoms with E-state index in [1.165, 1.54) is 12.1 Å². The molecule has 0 bridgehead atoms. The van der Waals surface area contributed by atoms with Crippen LogP contribution in [-0.4, -0.2) is 25.8 Å². The molecule has 0 aromatic heterocycles. The Kier molecular flexibility index (Phi) is 5.76. The topological polar surface area (TPSA) is 21.3 Å². The maximum Gasteiger partial charge on any atom is 0.124 e. The van der Waals surface area contributed by atoms with Gasteiger partial charge in [0.15, 0.2) is 0 Å². The van der Waals surface area contributed by atoms with Gasteiger partial charge in [-0.15, -0.1) is 0 Å². The third-order valence-electron chi connectivity index (χ3n) is 3.69. The van der Waals surface area contributed by atoms with Gasteiger partial charge >= 0.3 is 0 Å². The summed E-state index contributed by atoms with van der Waals surface area (Å²) >= 11 is 3.41. The molecular formula is C14H21BrFNO. The third-order valence-corrected chi connectivity index (χ3v) is 4.43. The van der Waals surface area contributed by atoms with Crippen LogP contribution in [0, 0.1) is 5.82 Å². The Balaban J connectivity index is 2.92. The quantitative estimate of drug-likeness (QED) is 0.866. The van der Waals surface area contributed by atoms with Gasteiger partial charge in [-0.3, -0.25) is 0 Å². The van der Waals surface area contributed by atoms with Gasteiger partial charge in [-0.25, -0.2) is 4.39 Å². The predicted molar refractivity (Wildman–Crippen MR) is 76.4 cm³/mol. The van der Waals surface area contributed by atoms with Gasteiger partial charge in [0, 0.05) is 17.6 Å². The van der Waals surface area contributed by atoms with Crippen LogP contribution >= 0.6 is 15.9 Å². The predicted octanol–water partition coefficient (Wildman–Crippen LogP) is 3.53. The Labute approximate surface area is 117 Å². The molecule has 2 atom stereocenters. The number of likely N-dealkylation sites (N-methyl/N-ethyl adjacent to an activating group) is 1.